The number of nitro benzene ring substituents is 1. The molecule has 138 valence electrons. The molecule has 0 fully saturated rings. The van der Waals surface area contributed by atoms with Gasteiger partial charge >= 0.3 is 7.60 Å². The highest BCUT2D eigenvalue weighted by molar-refractivity contribution is 7.54. The van der Waals surface area contributed by atoms with Crippen molar-refractivity contribution in [1.29, 1.82) is 0 Å². The van der Waals surface area contributed by atoms with Crippen molar-refractivity contribution < 1.29 is 24.3 Å². The van der Waals surface area contributed by atoms with Gasteiger partial charge in [-0.05, 0) is 24.3 Å². The first-order chi connectivity index (χ1) is 13.0. The molecule has 0 amide bonds. The lowest BCUT2D eigenvalue weighted by Crippen LogP contribution is -2.54. The first-order valence-electron chi connectivity index (χ1n) is 8.14. The predicted octanol–water partition coefficient (Wildman–Crippen LogP) is 4.19. The van der Waals surface area contributed by atoms with Crippen LogP contribution in [0.2, 0.25) is 0 Å². The van der Waals surface area contributed by atoms with Gasteiger partial charge in [0.15, 0.2) is 0 Å². The van der Waals surface area contributed by atoms with E-state index in [-0.39, 0.29) is 5.69 Å². The molecule has 1 atom stereocenters. The molecule has 3 aromatic carbocycles. The maximum Gasteiger partial charge on any atom is 0.492 e. The van der Waals surface area contributed by atoms with Crippen LogP contribution < -0.4 is 14.8 Å². The van der Waals surface area contributed by atoms with Crippen molar-refractivity contribution in [1.82, 2.24) is 0 Å². The number of non-ortho nitro benzene ring substituents is 1. The molecule has 3 aromatic rings. The zero-order valence-corrected chi connectivity index (χ0v) is 15.2. The molecule has 0 aliphatic carbocycles. The molecule has 0 saturated carbocycles. The zero-order chi connectivity index (χ0) is 19.3. The van der Waals surface area contributed by atoms with E-state index in [4.69, 9.17) is 9.05 Å². The highest BCUT2D eigenvalue weighted by Crippen LogP contribution is 2.56. The lowest BCUT2D eigenvalue weighted by atomic mass is 10.2. The molecule has 0 bridgehead atoms. The van der Waals surface area contributed by atoms with E-state index in [1.165, 1.54) is 18.2 Å². The SMILES string of the molecule is [NH3+][C@H](c1cccc([N+](=O)[O-])c1)P(=O)(Oc1ccccc1)Oc1ccccc1. The fourth-order valence-corrected chi connectivity index (χ4v) is 4.08. The van der Waals surface area contributed by atoms with E-state index in [1.807, 2.05) is 0 Å². The van der Waals surface area contributed by atoms with Gasteiger partial charge in [-0.1, -0.05) is 48.5 Å². The van der Waals surface area contributed by atoms with Gasteiger partial charge in [-0.3, -0.25) is 10.1 Å². The van der Waals surface area contributed by atoms with Crippen molar-refractivity contribution >= 4 is 13.3 Å². The monoisotopic (exact) mass is 385 g/mol. The summed E-state index contributed by atoms with van der Waals surface area (Å²) in [6.45, 7) is 0. The number of rotatable bonds is 7. The van der Waals surface area contributed by atoms with Gasteiger partial charge in [0.1, 0.15) is 11.5 Å². The summed E-state index contributed by atoms with van der Waals surface area (Å²) < 4.78 is 25.1. The van der Waals surface area contributed by atoms with Gasteiger partial charge in [0, 0.05) is 17.7 Å². The van der Waals surface area contributed by atoms with Crippen LogP contribution in [0.4, 0.5) is 5.69 Å². The summed E-state index contributed by atoms with van der Waals surface area (Å²) in [5.41, 5.74) is 4.21. The Kier molecular flexibility index (Phi) is 5.54. The van der Waals surface area contributed by atoms with Gasteiger partial charge < -0.3 is 14.8 Å². The number of nitrogens with zero attached hydrogens (tertiary/aromatic N) is 1. The lowest BCUT2D eigenvalue weighted by Gasteiger charge is -2.23. The average molecular weight is 385 g/mol. The second-order valence-electron chi connectivity index (χ2n) is 5.72. The maximum absolute atomic E-state index is 13.7. The molecule has 3 N–H and O–H groups in total. The summed E-state index contributed by atoms with van der Waals surface area (Å²) in [5.74, 6) is -0.260. The van der Waals surface area contributed by atoms with Crippen LogP contribution >= 0.6 is 7.60 Å². The molecule has 0 radical (unpaired) electrons. The summed E-state index contributed by atoms with van der Waals surface area (Å²) in [6, 6.07) is 23.0. The molecule has 0 spiro atoms. The maximum atomic E-state index is 13.7. The average Bonchev–Trinajstić information content (AvgIpc) is 2.69. The highest BCUT2D eigenvalue weighted by atomic mass is 31.2. The Bertz CT molecular complexity index is 921. The summed E-state index contributed by atoms with van der Waals surface area (Å²) in [7, 11) is -3.86. The third kappa shape index (κ3) is 4.53. The second-order valence-corrected chi connectivity index (χ2v) is 7.78. The number of para-hydroxylation sites is 2. The zero-order valence-electron chi connectivity index (χ0n) is 14.3. The smallest absolute Gasteiger partial charge is 0.412 e. The molecule has 8 heteroatoms. The van der Waals surface area contributed by atoms with Crippen LogP contribution in [-0.4, -0.2) is 4.92 Å². The van der Waals surface area contributed by atoms with Gasteiger partial charge in [0.05, 0.1) is 4.92 Å². The Morgan fingerprint density at radius 3 is 1.85 bits per heavy atom. The van der Waals surface area contributed by atoms with Gasteiger partial charge in [-0.25, -0.2) is 4.57 Å². The Hall–Kier alpha value is -3.15. The predicted molar refractivity (Wildman–Crippen MR) is 100 cm³/mol. The number of benzene rings is 3. The molecule has 0 heterocycles. The number of quaternary nitrogens is 1. The van der Waals surface area contributed by atoms with Crippen molar-refractivity contribution in [2.75, 3.05) is 0 Å². The van der Waals surface area contributed by atoms with E-state index in [0.29, 0.717) is 17.1 Å². The summed E-state index contributed by atoms with van der Waals surface area (Å²) >= 11 is 0. The Morgan fingerprint density at radius 2 is 1.37 bits per heavy atom. The van der Waals surface area contributed by atoms with Gasteiger partial charge in [-0.15, -0.1) is 0 Å². The Morgan fingerprint density at radius 1 is 0.852 bits per heavy atom. The van der Waals surface area contributed by atoms with Crippen molar-refractivity contribution in [3.63, 3.8) is 0 Å². The molecule has 27 heavy (non-hydrogen) atoms. The molecule has 7 nitrogen and oxygen atoms in total. The topological polar surface area (TPSA) is 106 Å². The van der Waals surface area contributed by atoms with Crippen molar-refractivity contribution in [2.24, 2.45) is 0 Å². The van der Waals surface area contributed by atoms with Crippen LogP contribution in [0.25, 0.3) is 0 Å². The Labute approximate surface area is 156 Å². The van der Waals surface area contributed by atoms with E-state index < -0.39 is 18.3 Å². The summed E-state index contributed by atoms with van der Waals surface area (Å²) in [5, 5.41) is 11.1. The minimum Gasteiger partial charge on any atom is -0.412 e. The quantitative estimate of drug-likeness (QED) is 0.373. The van der Waals surface area contributed by atoms with Gasteiger partial charge in [0.2, 0.25) is 5.78 Å². The van der Waals surface area contributed by atoms with Crippen molar-refractivity contribution in [3.8, 4) is 11.5 Å². The van der Waals surface area contributed by atoms with Crippen LogP contribution in [0.3, 0.4) is 0 Å². The largest absolute Gasteiger partial charge is 0.492 e. The van der Waals surface area contributed by atoms with E-state index in [2.05, 4.69) is 5.73 Å². The fraction of sp³-hybridized carbons (Fsp3) is 0.0526. The van der Waals surface area contributed by atoms with Crippen LogP contribution in [0.15, 0.2) is 84.9 Å². The first kappa shape index (κ1) is 18.6. The van der Waals surface area contributed by atoms with Crippen LogP contribution in [0, 0.1) is 10.1 Å². The lowest BCUT2D eigenvalue weighted by molar-refractivity contribution is -0.400. The van der Waals surface area contributed by atoms with E-state index in [1.54, 1.807) is 66.7 Å². The molecular weight excluding hydrogens is 367 g/mol. The molecular formula is C19H18N2O5P+. The second kappa shape index (κ2) is 8.03. The van der Waals surface area contributed by atoms with E-state index >= 15 is 0 Å². The fourth-order valence-electron chi connectivity index (χ4n) is 2.43. The van der Waals surface area contributed by atoms with Crippen LogP contribution in [0.5, 0.6) is 11.5 Å². The number of hydrogen-bond acceptors (Lipinski definition) is 5. The van der Waals surface area contributed by atoms with E-state index in [9.17, 15) is 14.7 Å². The number of hydrogen-bond donors (Lipinski definition) is 1. The molecule has 0 unspecified atom stereocenters. The molecule has 0 saturated heterocycles. The van der Waals surface area contributed by atoms with Crippen LogP contribution in [0.1, 0.15) is 11.3 Å². The minimum absolute atomic E-state index is 0.118. The third-order valence-electron chi connectivity index (χ3n) is 3.80. The van der Waals surface area contributed by atoms with E-state index in [0.717, 1.165) is 0 Å². The summed E-state index contributed by atoms with van der Waals surface area (Å²) in [6.07, 6.45) is 0. The van der Waals surface area contributed by atoms with Crippen molar-refractivity contribution in [3.05, 3.63) is 101 Å². The van der Waals surface area contributed by atoms with Crippen LogP contribution in [-0.2, 0) is 4.57 Å². The molecule has 3 rings (SSSR count). The summed E-state index contributed by atoms with van der Waals surface area (Å²) in [4.78, 5) is 10.5. The highest BCUT2D eigenvalue weighted by Gasteiger charge is 2.42. The molecule has 0 aliphatic heterocycles. The Balaban J connectivity index is 1.99. The first-order valence-corrected chi connectivity index (χ1v) is 9.75. The van der Waals surface area contributed by atoms with Gasteiger partial charge in [0.25, 0.3) is 5.69 Å². The standard InChI is InChI=1S/C19H17N2O5P/c20-19(15-8-7-9-16(14-15)21(22)23)27(24,25-17-10-3-1-4-11-17)26-18-12-5-2-6-13-18/h1-14,19H,20H2/p+1/t19-/m0/s1. The minimum atomic E-state index is -3.86. The molecule has 0 aromatic heterocycles. The molecule has 0 aliphatic rings. The number of nitro groups is 1. The van der Waals surface area contributed by atoms with Crippen molar-refractivity contribution in [2.45, 2.75) is 5.78 Å². The third-order valence-corrected chi connectivity index (χ3v) is 5.79. The normalized spacial score (nSPS) is 12.2. The van der Waals surface area contributed by atoms with Gasteiger partial charge in [-0.2, -0.15) is 0 Å².